The van der Waals surface area contributed by atoms with Gasteiger partial charge in [0.2, 0.25) is 5.91 Å². The number of nitrogens with one attached hydrogen (secondary N) is 1. The molecule has 0 aromatic heterocycles. The highest BCUT2D eigenvalue weighted by Gasteiger charge is 2.45. The molecule has 0 spiro atoms. The summed E-state index contributed by atoms with van der Waals surface area (Å²) < 4.78 is 27.4. The van der Waals surface area contributed by atoms with Crippen molar-refractivity contribution in [2.75, 3.05) is 30.0 Å². The van der Waals surface area contributed by atoms with Gasteiger partial charge in [-0.2, -0.15) is 5.26 Å². The molecule has 1 atom stereocenters. The van der Waals surface area contributed by atoms with Gasteiger partial charge in [0.1, 0.15) is 11.9 Å². The van der Waals surface area contributed by atoms with Gasteiger partial charge in [-0.3, -0.25) is 9.69 Å². The van der Waals surface area contributed by atoms with Gasteiger partial charge in [0.15, 0.2) is 9.84 Å². The molecule has 26 heavy (non-hydrogen) atoms. The van der Waals surface area contributed by atoms with E-state index < -0.39 is 33.7 Å². The molecule has 1 aromatic carbocycles. The Hall–Kier alpha value is -2.60. The zero-order valence-electron chi connectivity index (χ0n) is 14.3. The number of hydrogen-bond acceptors (Lipinski definition) is 6. The van der Waals surface area contributed by atoms with Crippen LogP contribution in [0.3, 0.4) is 0 Å². The van der Waals surface area contributed by atoms with Crippen molar-refractivity contribution in [3.63, 3.8) is 0 Å². The Bertz CT molecular complexity index is 869. The summed E-state index contributed by atoms with van der Waals surface area (Å²) >= 11 is 0. The first-order valence-corrected chi connectivity index (χ1v) is 10.2. The first kappa shape index (κ1) is 18.2. The van der Waals surface area contributed by atoms with Crippen LogP contribution in [-0.2, 0) is 24.8 Å². The second-order valence-corrected chi connectivity index (χ2v) is 8.87. The maximum absolute atomic E-state index is 12.1. The van der Waals surface area contributed by atoms with E-state index in [2.05, 4.69) is 11.4 Å². The van der Waals surface area contributed by atoms with Crippen molar-refractivity contribution >= 4 is 27.5 Å². The molecule has 0 unspecified atom stereocenters. The molecule has 2 fully saturated rings. The molecule has 0 radical (unpaired) electrons. The summed E-state index contributed by atoms with van der Waals surface area (Å²) in [5, 5.41) is 11.7. The van der Waals surface area contributed by atoms with Gasteiger partial charge >= 0.3 is 6.09 Å². The van der Waals surface area contributed by atoms with Crippen LogP contribution < -0.4 is 10.2 Å². The Morgan fingerprint density at radius 2 is 2.04 bits per heavy atom. The molecular formula is C17H19N3O5S. The van der Waals surface area contributed by atoms with Crippen molar-refractivity contribution < 1.29 is 22.7 Å². The first-order valence-electron chi connectivity index (χ1n) is 8.17. The number of carbonyl (C=O) groups excluding carboxylic acids is 2. The van der Waals surface area contributed by atoms with E-state index in [9.17, 15) is 23.3 Å². The highest BCUT2D eigenvalue weighted by atomic mass is 32.2. The number of sulfone groups is 1. The predicted molar refractivity (Wildman–Crippen MR) is 93.3 cm³/mol. The molecule has 0 bridgehead atoms. The van der Waals surface area contributed by atoms with Crippen LogP contribution in [0.15, 0.2) is 24.3 Å². The average Bonchev–Trinajstić information content (AvgIpc) is 3.29. The van der Waals surface area contributed by atoms with E-state index in [-0.39, 0.29) is 18.5 Å². The fourth-order valence-electron chi connectivity index (χ4n) is 2.91. The summed E-state index contributed by atoms with van der Waals surface area (Å²) in [6.07, 6.45) is 1.60. The number of amides is 2. The van der Waals surface area contributed by atoms with Crippen molar-refractivity contribution in [3.8, 4) is 6.07 Å². The molecule has 1 saturated heterocycles. The van der Waals surface area contributed by atoms with Crippen molar-refractivity contribution in [1.29, 1.82) is 5.26 Å². The third kappa shape index (κ3) is 3.96. The van der Waals surface area contributed by atoms with Gasteiger partial charge in [-0.1, -0.05) is 12.1 Å². The fraction of sp³-hybridized carbons (Fsp3) is 0.471. The molecule has 1 aliphatic heterocycles. The maximum Gasteiger partial charge on any atom is 0.414 e. The standard InChI is InChI=1S/C17H19N3O5S/c1-26(23,24)10-15(21)19-8-14-9-20(16(22)25-14)13-4-2-12(3-5-13)17(11-18)6-7-17/h2-5,14H,6-10H2,1H3,(H,19,21)/t14-/m0/s1. The minimum Gasteiger partial charge on any atom is -0.442 e. The number of cyclic esters (lactones) is 1. The topological polar surface area (TPSA) is 117 Å². The SMILES string of the molecule is CS(=O)(=O)CC(=O)NC[C@H]1CN(c2ccc(C3(C#N)CC3)cc2)C(=O)O1. The molecular weight excluding hydrogens is 358 g/mol. The zero-order chi connectivity index (χ0) is 18.9. The third-order valence-corrected chi connectivity index (χ3v) is 5.28. The largest absolute Gasteiger partial charge is 0.442 e. The highest BCUT2D eigenvalue weighted by molar-refractivity contribution is 7.91. The molecule has 9 heteroatoms. The minimum atomic E-state index is -3.40. The van der Waals surface area contributed by atoms with E-state index in [1.165, 1.54) is 4.90 Å². The Morgan fingerprint density at radius 1 is 1.38 bits per heavy atom. The Balaban J connectivity index is 1.58. The predicted octanol–water partition coefficient (Wildman–Crippen LogP) is 0.728. The monoisotopic (exact) mass is 377 g/mol. The number of hydrogen-bond donors (Lipinski definition) is 1. The van der Waals surface area contributed by atoms with E-state index in [1.807, 2.05) is 12.1 Å². The van der Waals surface area contributed by atoms with Crippen molar-refractivity contribution in [3.05, 3.63) is 29.8 Å². The second kappa shape index (κ2) is 6.61. The van der Waals surface area contributed by atoms with Crippen LogP contribution in [0.4, 0.5) is 10.5 Å². The van der Waals surface area contributed by atoms with Crippen LogP contribution in [0.5, 0.6) is 0 Å². The molecule has 2 aliphatic rings. The molecule has 138 valence electrons. The van der Waals surface area contributed by atoms with Gasteiger partial charge < -0.3 is 10.1 Å². The van der Waals surface area contributed by atoms with Gasteiger partial charge in [-0.15, -0.1) is 0 Å². The first-order chi connectivity index (χ1) is 12.2. The van der Waals surface area contributed by atoms with Crippen molar-refractivity contribution in [2.45, 2.75) is 24.4 Å². The molecule has 2 amide bonds. The molecule has 1 aliphatic carbocycles. The number of ether oxygens (including phenoxy) is 1. The van der Waals surface area contributed by atoms with E-state index >= 15 is 0 Å². The number of rotatable bonds is 6. The number of benzene rings is 1. The van der Waals surface area contributed by atoms with E-state index in [4.69, 9.17) is 4.74 Å². The highest BCUT2D eigenvalue weighted by Crippen LogP contribution is 2.47. The van der Waals surface area contributed by atoms with E-state index in [0.717, 1.165) is 24.7 Å². The lowest BCUT2D eigenvalue weighted by atomic mass is 9.97. The van der Waals surface area contributed by atoms with Crippen LogP contribution >= 0.6 is 0 Å². The smallest absolute Gasteiger partial charge is 0.414 e. The second-order valence-electron chi connectivity index (χ2n) is 6.73. The average molecular weight is 377 g/mol. The lowest BCUT2D eigenvalue weighted by Crippen LogP contribution is -2.37. The van der Waals surface area contributed by atoms with Crippen LogP contribution in [0, 0.1) is 11.3 Å². The third-order valence-electron chi connectivity index (χ3n) is 4.49. The number of carbonyl (C=O) groups is 2. The molecule has 1 N–H and O–H groups in total. The van der Waals surface area contributed by atoms with E-state index in [1.54, 1.807) is 12.1 Å². The molecule has 1 aromatic rings. The molecule has 1 saturated carbocycles. The van der Waals surface area contributed by atoms with Crippen molar-refractivity contribution in [2.24, 2.45) is 0 Å². The Kier molecular flexibility index (Phi) is 4.63. The molecule has 3 rings (SSSR count). The number of nitrogens with zero attached hydrogens (tertiary/aromatic N) is 2. The van der Waals surface area contributed by atoms with Gasteiger partial charge in [0.25, 0.3) is 0 Å². The van der Waals surface area contributed by atoms with Crippen LogP contribution in [0.25, 0.3) is 0 Å². The summed E-state index contributed by atoms with van der Waals surface area (Å²) in [6.45, 7) is 0.299. The maximum atomic E-state index is 12.1. The number of nitriles is 1. The molecule has 8 nitrogen and oxygen atoms in total. The summed E-state index contributed by atoms with van der Waals surface area (Å²) in [5.41, 5.74) is 1.22. The van der Waals surface area contributed by atoms with Crippen molar-refractivity contribution in [1.82, 2.24) is 5.32 Å². The molecule has 1 heterocycles. The number of anilines is 1. The quantitative estimate of drug-likeness (QED) is 0.781. The minimum absolute atomic E-state index is 0.0478. The normalized spacial score (nSPS) is 21.0. The Morgan fingerprint density at radius 3 is 2.58 bits per heavy atom. The summed E-state index contributed by atoms with van der Waals surface area (Å²) in [7, 11) is -3.40. The van der Waals surface area contributed by atoms with Gasteiger partial charge in [0, 0.05) is 11.9 Å². The van der Waals surface area contributed by atoms with Gasteiger partial charge in [-0.05, 0) is 30.5 Å². The fourth-order valence-corrected chi connectivity index (χ4v) is 3.48. The summed E-state index contributed by atoms with van der Waals surface area (Å²) in [4.78, 5) is 25.0. The Labute approximate surface area is 151 Å². The lowest BCUT2D eigenvalue weighted by Gasteiger charge is -2.14. The van der Waals surface area contributed by atoms with Gasteiger partial charge in [-0.25, -0.2) is 13.2 Å². The summed E-state index contributed by atoms with van der Waals surface area (Å²) in [6, 6.07) is 9.58. The van der Waals surface area contributed by atoms with Crippen LogP contribution in [0.2, 0.25) is 0 Å². The van der Waals surface area contributed by atoms with Gasteiger partial charge in [0.05, 0.1) is 24.6 Å². The van der Waals surface area contributed by atoms with Crippen LogP contribution in [0.1, 0.15) is 18.4 Å². The van der Waals surface area contributed by atoms with Crippen LogP contribution in [-0.4, -0.2) is 51.6 Å². The zero-order valence-corrected chi connectivity index (χ0v) is 15.1. The summed E-state index contributed by atoms with van der Waals surface area (Å²) in [5.74, 6) is -1.22. The lowest BCUT2D eigenvalue weighted by molar-refractivity contribution is -0.119. The van der Waals surface area contributed by atoms with E-state index in [0.29, 0.717) is 5.69 Å².